The van der Waals surface area contributed by atoms with Gasteiger partial charge in [0.15, 0.2) is 5.79 Å². The Morgan fingerprint density at radius 1 is 1.32 bits per heavy atom. The third-order valence-corrected chi connectivity index (χ3v) is 3.87. The molecule has 19 heavy (non-hydrogen) atoms. The predicted molar refractivity (Wildman–Crippen MR) is 67.7 cm³/mol. The van der Waals surface area contributed by atoms with Crippen molar-refractivity contribution < 1.29 is 14.3 Å². The smallest absolute Gasteiger partial charge is 0.257 e. The summed E-state index contributed by atoms with van der Waals surface area (Å²) in [6.07, 6.45) is 3.28. The van der Waals surface area contributed by atoms with Crippen LogP contribution in [0.1, 0.15) is 28.9 Å². The van der Waals surface area contributed by atoms with Crippen LogP contribution in [-0.2, 0) is 16.5 Å². The Bertz CT molecular complexity index is 481. The molecule has 2 aliphatic heterocycles. The molecule has 0 aliphatic carbocycles. The van der Waals surface area contributed by atoms with Gasteiger partial charge in [0.05, 0.1) is 24.5 Å². The monoisotopic (exact) mass is 265 g/mol. The minimum atomic E-state index is -0.430. The maximum Gasteiger partial charge on any atom is 0.257 e. The largest absolute Gasteiger partial charge is 0.347 e. The molecular weight excluding hydrogens is 246 g/mol. The van der Waals surface area contributed by atoms with E-state index in [0.717, 1.165) is 18.5 Å². The molecule has 2 aliphatic rings. The zero-order chi connectivity index (χ0) is 13.5. The SMILES string of the molecule is Cc1nn(C)cc1C(=O)N1CCC2(CC1)OCCO2. The van der Waals surface area contributed by atoms with Crippen LogP contribution in [-0.4, -0.2) is 52.7 Å². The van der Waals surface area contributed by atoms with Gasteiger partial charge in [-0.25, -0.2) is 0 Å². The lowest BCUT2D eigenvalue weighted by Crippen LogP contribution is -2.47. The quantitative estimate of drug-likeness (QED) is 0.750. The number of ether oxygens (including phenoxy) is 2. The molecule has 3 rings (SSSR count). The van der Waals surface area contributed by atoms with Crippen molar-refractivity contribution in [3.05, 3.63) is 17.5 Å². The highest BCUT2D eigenvalue weighted by Crippen LogP contribution is 2.31. The van der Waals surface area contributed by atoms with Crippen LogP contribution in [0.25, 0.3) is 0 Å². The summed E-state index contributed by atoms with van der Waals surface area (Å²) >= 11 is 0. The van der Waals surface area contributed by atoms with Crippen LogP contribution in [0, 0.1) is 6.92 Å². The Balaban J connectivity index is 1.68. The van der Waals surface area contributed by atoms with E-state index in [1.54, 1.807) is 10.9 Å². The van der Waals surface area contributed by atoms with Gasteiger partial charge in [0.1, 0.15) is 0 Å². The van der Waals surface area contributed by atoms with Crippen LogP contribution >= 0.6 is 0 Å². The van der Waals surface area contributed by atoms with Crippen LogP contribution in [0.5, 0.6) is 0 Å². The summed E-state index contributed by atoms with van der Waals surface area (Å²) in [6, 6.07) is 0. The van der Waals surface area contributed by atoms with Gasteiger partial charge in [-0.2, -0.15) is 5.10 Å². The first kappa shape index (κ1) is 12.6. The second-order valence-electron chi connectivity index (χ2n) is 5.20. The highest BCUT2D eigenvalue weighted by atomic mass is 16.7. The zero-order valence-electron chi connectivity index (χ0n) is 11.4. The average Bonchev–Trinajstić information content (AvgIpc) is 2.97. The predicted octanol–water partition coefficient (Wildman–Crippen LogP) is 0.708. The van der Waals surface area contributed by atoms with E-state index in [9.17, 15) is 4.79 Å². The summed E-state index contributed by atoms with van der Waals surface area (Å²) in [5.74, 6) is -0.376. The van der Waals surface area contributed by atoms with Crippen molar-refractivity contribution in [1.29, 1.82) is 0 Å². The van der Waals surface area contributed by atoms with E-state index in [0.29, 0.717) is 31.9 Å². The molecule has 1 aromatic rings. The topological polar surface area (TPSA) is 56.6 Å². The van der Waals surface area contributed by atoms with Crippen molar-refractivity contribution in [2.45, 2.75) is 25.6 Å². The van der Waals surface area contributed by atoms with Crippen molar-refractivity contribution in [2.24, 2.45) is 7.05 Å². The second kappa shape index (κ2) is 4.61. The fourth-order valence-corrected chi connectivity index (χ4v) is 2.82. The standard InChI is InChI=1S/C13H19N3O3/c1-10-11(9-15(2)14-10)12(17)16-5-3-13(4-6-16)18-7-8-19-13/h9H,3-8H2,1-2H3. The number of carbonyl (C=O) groups excluding carboxylic acids is 1. The van der Waals surface area contributed by atoms with Gasteiger partial charge in [-0.05, 0) is 6.92 Å². The van der Waals surface area contributed by atoms with E-state index in [1.807, 2.05) is 18.9 Å². The minimum absolute atomic E-state index is 0.0541. The molecule has 0 radical (unpaired) electrons. The number of piperidine rings is 1. The molecular formula is C13H19N3O3. The average molecular weight is 265 g/mol. The molecule has 2 saturated heterocycles. The van der Waals surface area contributed by atoms with Gasteiger partial charge in [0.2, 0.25) is 0 Å². The summed E-state index contributed by atoms with van der Waals surface area (Å²) in [4.78, 5) is 14.3. The van der Waals surface area contributed by atoms with Gasteiger partial charge in [-0.1, -0.05) is 0 Å². The molecule has 0 bridgehead atoms. The number of rotatable bonds is 1. The first-order valence-corrected chi connectivity index (χ1v) is 6.67. The number of aromatic nitrogens is 2. The highest BCUT2D eigenvalue weighted by molar-refractivity contribution is 5.95. The number of likely N-dealkylation sites (tertiary alicyclic amines) is 1. The molecule has 0 N–H and O–H groups in total. The number of hydrogen-bond donors (Lipinski definition) is 0. The number of amides is 1. The molecule has 0 saturated carbocycles. The summed E-state index contributed by atoms with van der Waals surface area (Å²) in [5.41, 5.74) is 1.47. The summed E-state index contributed by atoms with van der Waals surface area (Å²) in [7, 11) is 1.83. The lowest BCUT2D eigenvalue weighted by atomic mass is 10.0. The molecule has 6 heteroatoms. The van der Waals surface area contributed by atoms with E-state index in [-0.39, 0.29) is 5.91 Å². The van der Waals surface area contributed by atoms with Crippen LogP contribution in [0.2, 0.25) is 0 Å². The normalized spacial score (nSPS) is 22.1. The number of hydrogen-bond acceptors (Lipinski definition) is 4. The lowest BCUT2D eigenvalue weighted by Gasteiger charge is -2.37. The molecule has 1 amide bonds. The molecule has 0 atom stereocenters. The number of aryl methyl sites for hydroxylation is 2. The first-order chi connectivity index (χ1) is 9.10. The fraction of sp³-hybridized carbons (Fsp3) is 0.692. The molecule has 3 heterocycles. The fourth-order valence-electron chi connectivity index (χ4n) is 2.82. The zero-order valence-corrected chi connectivity index (χ0v) is 11.4. The first-order valence-electron chi connectivity index (χ1n) is 6.67. The van der Waals surface area contributed by atoms with Crippen molar-refractivity contribution in [2.75, 3.05) is 26.3 Å². The van der Waals surface area contributed by atoms with Crippen LogP contribution in [0.4, 0.5) is 0 Å². The van der Waals surface area contributed by atoms with E-state index < -0.39 is 5.79 Å². The van der Waals surface area contributed by atoms with Crippen molar-refractivity contribution >= 4 is 5.91 Å². The van der Waals surface area contributed by atoms with E-state index >= 15 is 0 Å². The van der Waals surface area contributed by atoms with Crippen molar-refractivity contribution in [3.8, 4) is 0 Å². The molecule has 0 aromatic carbocycles. The Hall–Kier alpha value is -1.40. The maximum atomic E-state index is 12.4. The Morgan fingerprint density at radius 3 is 2.47 bits per heavy atom. The van der Waals surface area contributed by atoms with Gasteiger partial charge in [0.25, 0.3) is 5.91 Å². The molecule has 1 spiro atoms. The minimum Gasteiger partial charge on any atom is -0.347 e. The molecule has 1 aromatic heterocycles. The molecule has 0 unspecified atom stereocenters. The number of carbonyl (C=O) groups is 1. The van der Waals surface area contributed by atoms with E-state index in [1.165, 1.54) is 0 Å². The molecule has 2 fully saturated rings. The van der Waals surface area contributed by atoms with Gasteiger partial charge < -0.3 is 14.4 Å². The lowest BCUT2D eigenvalue weighted by molar-refractivity contribution is -0.181. The molecule has 6 nitrogen and oxygen atoms in total. The number of nitrogens with zero attached hydrogens (tertiary/aromatic N) is 3. The maximum absolute atomic E-state index is 12.4. The van der Waals surface area contributed by atoms with Crippen LogP contribution < -0.4 is 0 Å². The third kappa shape index (κ3) is 2.26. The van der Waals surface area contributed by atoms with Gasteiger partial charge in [-0.3, -0.25) is 9.48 Å². The van der Waals surface area contributed by atoms with Crippen molar-refractivity contribution in [3.63, 3.8) is 0 Å². The Morgan fingerprint density at radius 2 is 1.95 bits per heavy atom. The van der Waals surface area contributed by atoms with Gasteiger partial charge in [-0.15, -0.1) is 0 Å². The van der Waals surface area contributed by atoms with E-state index in [4.69, 9.17) is 9.47 Å². The van der Waals surface area contributed by atoms with Gasteiger partial charge in [0, 0.05) is 39.2 Å². The Labute approximate surface area is 112 Å². The Kier molecular flexibility index (Phi) is 3.06. The highest BCUT2D eigenvalue weighted by Gasteiger charge is 2.41. The van der Waals surface area contributed by atoms with Crippen LogP contribution in [0.15, 0.2) is 6.20 Å². The molecule has 104 valence electrons. The van der Waals surface area contributed by atoms with Crippen LogP contribution in [0.3, 0.4) is 0 Å². The summed E-state index contributed by atoms with van der Waals surface area (Å²) in [5, 5.41) is 4.22. The summed E-state index contributed by atoms with van der Waals surface area (Å²) < 4.78 is 13.0. The van der Waals surface area contributed by atoms with Gasteiger partial charge >= 0.3 is 0 Å². The van der Waals surface area contributed by atoms with Crippen molar-refractivity contribution in [1.82, 2.24) is 14.7 Å². The third-order valence-electron chi connectivity index (χ3n) is 3.87. The van der Waals surface area contributed by atoms with E-state index in [2.05, 4.69) is 5.10 Å². The second-order valence-corrected chi connectivity index (χ2v) is 5.20. The summed E-state index contributed by atoms with van der Waals surface area (Å²) in [6.45, 7) is 4.54.